The SMILES string of the molecule is CC1(c2c[nH]n3c2nc2cc(F)cc(C(N)=O)c23)CCN(C2CCOCC2)CC1. The average molecular weight is 399 g/mol. The van der Waals surface area contributed by atoms with Crippen LogP contribution < -0.4 is 5.73 Å². The molecule has 4 heterocycles. The maximum Gasteiger partial charge on any atom is 0.251 e. The van der Waals surface area contributed by atoms with E-state index in [1.165, 1.54) is 12.1 Å². The summed E-state index contributed by atoms with van der Waals surface area (Å²) in [6, 6.07) is 3.14. The summed E-state index contributed by atoms with van der Waals surface area (Å²) in [6.45, 7) is 6.07. The summed E-state index contributed by atoms with van der Waals surface area (Å²) in [5.41, 5.74) is 8.42. The smallest absolute Gasteiger partial charge is 0.251 e. The van der Waals surface area contributed by atoms with Crippen molar-refractivity contribution in [2.45, 2.75) is 44.1 Å². The summed E-state index contributed by atoms with van der Waals surface area (Å²) in [7, 11) is 0. The van der Waals surface area contributed by atoms with Gasteiger partial charge in [-0.15, -0.1) is 0 Å². The van der Waals surface area contributed by atoms with Gasteiger partial charge in [-0.25, -0.2) is 13.9 Å². The van der Waals surface area contributed by atoms with E-state index in [1.807, 2.05) is 6.20 Å². The van der Waals surface area contributed by atoms with Crippen molar-refractivity contribution >= 4 is 22.6 Å². The first kappa shape index (κ1) is 18.6. The molecular formula is C21H26FN5O2. The van der Waals surface area contributed by atoms with Crippen molar-refractivity contribution in [1.29, 1.82) is 0 Å². The Morgan fingerprint density at radius 1 is 1.31 bits per heavy atom. The van der Waals surface area contributed by atoms with E-state index in [2.05, 4.69) is 21.9 Å². The molecular weight excluding hydrogens is 373 g/mol. The predicted molar refractivity (Wildman–Crippen MR) is 108 cm³/mol. The van der Waals surface area contributed by atoms with E-state index in [1.54, 1.807) is 4.52 Å². The number of carbonyl (C=O) groups is 1. The first-order valence-corrected chi connectivity index (χ1v) is 10.3. The van der Waals surface area contributed by atoms with Crippen LogP contribution in [0.2, 0.25) is 0 Å². The second-order valence-electron chi connectivity index (χ2n) is 8.58. The van der Waals surface area contributed by atoms with Gasteiger partial charge in [0.25, 0.3) is 5.91 Å². The van der Waals surface area contributed by atoms with Crippen molar-refractivity contribution in [3.05, 3.63) is 35.3 Å². The molecule has 0 bridgehead atoms. The Labute approximate surface area is 168 Å². The lowest BCUT2D eigenvalue weighted by Crippen LogP contribution is -2.47. The highest BCUT2D eigenvalue weighted by Crippen LogP contribution is 2.39. The van der Waals surface area contributed by atoms with Crippen LogP contribution in [0.3, 0.4) is 0 Å². The number of fused-ring (bicyclic) bond motifs is 3. The number of nitrogens with two attached hydrogens (primary N) is 1. The number of rotatable bonds is 3. The molecule has 2 aliphatic heterocycles. The van der Waals surface area contributed by atoms with Gasteiger partial charge < -0.3 is 15.4 Å². The fourth-order valence-corrected chi connectivity index (χ4v) is 5.01. The number of nitrogens with one attached hydrogen (secondary N) is 1. The highest BCUT2D eigenvalue weighted by Gasteiger charge is 2.37. The number of hydrogen-bond acceptors (Lipinski definition) is 4. The number of aromatic nitrogens is 3. The lowest BCUT2D eigenvalue weighted by molar-refractivity contribution is 0.0188. The minimum absolute atomic E-state index is 0.0320. The van der Waals surface area contributed by atoms with Gasteiger partial charge in [0.15, 0.2) is 5.65 Å². The Morgan fingerprint density at radius 2 is 2.03 bits per heavy atom. The van der Waals surface area contributed by atoms with E-state index < -0.39 is 11.7 Å². The molecule has 0 radical (unpaired) electrons. The normalized spacial score (nSPS) is 21.2. The summed E-state index contributed by atoms with van der Waals surface area (Å²) >= 11 is 0. The Kier molecular flexibility index (Phi) is 4.36. The first-order chi connectivity index (χ1) is 14.0. The van der Waals surface area contributed by atoms with Crippen LogP contribution >= 0.6 is 0 Å². The quantitative estimate of drug-likeness (QED) is 0.709. The van der Waals surface area contributed by atoms with E-state index in [-0.39, 0.29) is 11.0 Å². The molecule has 1 amide bonds. The molecule has 29 heavy (non-hydrogen) atoms. The number of halogens is 1. The number of ether oxygens (including phenoxy) is 1. The van der Waals surface area contributed by atoms with Crippen molar-refractivity contribution in [3.63, 3.8) is 0 Å². The summed E-state index contributed by atoms with van der Waals surface area (Å²) in [4.78, 5) is 19.1. The summed E-state index contributed by atoms with van der Waals surface area (Å²) < 4.78 is 21.2. The number of amides is 1. The molecule has 2 fully saturated rings. The summed E-state index contributed by atoms with van der Waals surface area (Å²) in [5, 5.41) is 3.22. The maximum atomic E-state index is 14.0. The van der Waals surface area contributed by atoms with Gasteiger partial charge in [0.05, 0.1) is 11.1 Å². The van der Waals surface area contributed by atoms with E-state index in [0.717, 1.165) is 63.2 Å². The van der Waals surface area contributed by atoms with Crippen LogP contribution in [0.4, 0.5) is 4.39 Å². The lowest BCUT2D eigenvalue weighted by atomic mass is 9.75. The third-order valence-electron chi connectivity index (χ3n) is 6.82. The monoisotopic (exact) mass is 399 g/mol. The lowest BCUT2D eigenvalue weighted by Gasteiger charge is -2.43. The van der Waals surface area contributed by atoms with Crippen LogP contribution in [-0.4, -0.2) is 57.8 Å². The fourth-order valence-electron chi connectivity index (χ4n) is 5.01. The third-order valence-corrected chi connectivity index (χ3v) is 6.82. The maximum absolute atomic E-state index is 14.0. The Morgan fingerprint density at radius 3 is 2.72 bits per heavy atom. The number of primary amides is 1. The summed E-state index contributed by atoms with van der Waals surface area (Å²) in [6.07, 6.45) is 6.24. The predicted octanol–water partition coefficient (Wildman–Crippen LogP) is 2.59. The number of carbonyl (C=O) groups excluding carboxylic acids is 1. The standard InChI is InChI=1S/C21H26FN5O2/c1-21(4-6-26(7-5-21)14-2-8-29-9-3-14)16-12-24-27-18-15(19(23)28)10-13(22)11-17(18)25-20(16)27/h10-12,14,24H,2-9H2,1H3,(H2,23,28). The van der Waals surface area contributed by atoms with Crippen molar-refractivity contribution in [3.8, 4) is 0 Å². The molecule has 2 aromatic heterocycles. The Balaban J connectivity index is 1.49. The van der Waals surface area contributed by atoms with E-state index >= 15 is 0 Å². The van der Waals surface area contributed by atoms with Gasteiger partial charge in [-0.2, -0.15) is 0 Å². The highest BCUT2D eigenvalue weighted by atomic mass is 19.1. The van der Waals surface area contributed by atoms with Crippen molar-refractivity contribution in [1.82, 2.24) is 19.5 Å². The highest BCUT2D eigenvalue weighted by molar-refractivity contribution is 6.05. The number of likely N-dealkylation sites (tertiary alicyclic amines) is 1. The Bertz CT molecular complexity index is 1070. The molecule has 0 spiro atoms. The van der Waals surface area contributed by atoms with Gasteiger partial charge in [-0.1, -0.05) is 6.92 Å². The van der Waals surface area contributed by atoms with E-state index in [9.17, 15) is 9.18 Å². The van der Waals surface area contributed by atoms with Crippen LogP contribution in [0, 0.1) is 5.82 Å². The van der Waals surface area contributed by atoms with Gasteiger partial charge in [-0.05, 0) is 44.8 Å². The minimum atomic E-state index is -0.663. The summed E-state index contributed by atoms with van der Waals surface area (Å²) in [5.74, 6) is -1.17. The molecule has 3 N–H and O–H groups in total. The fraction of sp³-hybridized carbons (Fsp3) is 0.524. The topological polar surface area (TPSA) is 88.7 Å². The Hall–Kier alpha value is -2.45. The minimum Gasteiger partial charge on any atom is -0.381 e. The number of nitrogens with zero attached hydrogens (tertiary/aromatic N) is 3. The molecule has 7 nitrogen and oxygen atoms in total. The zero-order chi connectivity index (χ0) is 20.2. The van der Waals surface area contributed by atoms with Crippen LogP contribution in [0.25, 0.3) is 16.7 Å². The second kappa shape index (κ2) is 6.81. The number of hydrogen-bond donors (Lipinski definition) is 2. The third kappa shape index (κ3) is 3.02. The molecule has 0 unspecified atom stereocenters. The number of aromatic amines is 1. The van der Waals surface area contributed by atoms with Crippen molar-refractivity contribution in [2.75, 3.05) is 26.3 Å². The molecule has 2 aliphatic rings. The number of imidazole rings is 1. The zero-order valence-electron chi connectivity index (χ0n) is 16.6. The van der Waals surface area contributed by atoms with E-state index in [0.29, 0.717) is 17.1 Å². The average Bonchev–Trinajstić information content (AvgIpc) is 3.27. The zero-order valence-corrected chi connectivity index (χ0v) is 16.6. The van der Waals surface area contributed by atoms with E-state index in [4.69, 9.17) is 10.5 Å². The van der Waals surface area contributed by atoms with Crippen LogP contribution in [0.15, 0.2) is 18.3 Å². The largest absolute Gasteiger partial charge is 0.381 e. The first-order valence-electron chi connectivity index (χ1n) is 10.3. The molecule has 1 aromatic carbocycles. The van der Waals surface area contributed by atoms with Crippen LogP contribution in [0.1, 0.15) is 48.5 Å². The van der Waals surface area contributed by atoms with Crippen LogP contribution in [-0.2, 0) is 10.2 Å². The second-order valence-corrected chi connectivity index (χ2v) is 8.58. The van der Waals surface area contributed by atoms with Gasteiger partial charge >= 0.3 is 0 Å². The number of H-pyrrole nitrogens is 1. The van der Waals surface area contributed by atoms with Gasteiger partial charge in [0.2, 0.25) is 0 Å². The molecule has 3 aromatic rings. The molecule has 0 saturated carbocycles. The molecule has 0 aliphatic carbocycles. The van der Waals surface area contributed by atoms with Gasteiger partial charge in [0, 0.05) is 42.5 Å². The van der Waals surface area contributed by atoms with Crippen molar-refractivity contribution < 1.29 is 13.9 Å². The molecule has 5 rings (SSSR count). The van der Waals surface area contributed by atoms with Crippen molar-refractivity contribution in [2.24, 2.45) is 5.73 Å². The number of piperidine rings is 1. The molecule has 0 atom stereocenters. The van der Waals surface area contributed by atoms with Crippen LogP contribution in [0.5, 0.6) is 0 Å². The van der Waals surface area contributed by atoms with Gasteiger partial charge in [-0.3, -0.25) is 9.89 Å². The molecule has 8 heteroatoms. The molecule has 154 valence electrons. The van der Waals surface area contributed by atoms with Gasteiger partial charge in [0.1, 0.15) is 11.3 Å². The molecule has 2 saturated heterocycles. The number of benzene rings is 1.